The van der Waals surface area contributed by atoms with Gasteiger partial charge in [-0.2, -0.15) is 0 Å². The molecule has 142 valence electrons. The molecular formula is C19H25FN2O4. The van der Waals surface area contributed by atoms with Gasteiger partial charge in [0.1, 0.15) is 11.9 Å². The number of hydroxylamine groups is 1. The summed E-state index contributed by atoms with van der Waals surface area (Å²) < 4.78 is 13.1. The minimum Gasteiger partial charge on any atom is -0.382 e. The lowest BCUT2D eigenvalue weighted by molar-refractivity contribution is -0.146. The van der Waals surface area contributed by atoms with E-state index in [1.165, 1.54) is 17.6 Å². The van der Waals surface area contributed by atoms with Crippen molar-refractivity contribution in [2.24, 2.45) is 11.8 Å². The summed E-state index contributed by atoms with van der Waals surface area (Å²) in [6.07, 6.45) is 1.02. The third-order valence-corrected chi connectivity index (χ3v) is 4.55. The Morgan fingerprint density at radius 1 is 1.31 bits per heavy atom. The third kappa shape index (κ3) is 4.97. The van der Waals surface area contributed by atoms with Crippen LogP contribution in [-0.2, 0) is 9.59 Å². The molecule has 2 rings (SSSR count). The number of Topliss-reactive ketones (excluding diaryl/α,β-unsaturated/α-hetero) is 1. The molecule has 0 aromatic heterocycles. The van der Waals surface area contributed by atoms with E-state index in [0.29, 0.717) is 19.4 Å². The SMILES string of the molecule is CC(C)C[C@H](C(=O)C1CC(c2ccc(F)cc2)=CCN1)[C@@H](O)C(=O)NO. The Labute approximate surface area is 152 Å². The lowest BCUT2D eigenvalue weighted by Gasteiger charge is -2.29. The van der Waals surface area contributed by atoms with Gasteiger partial charge in [-0.05, 0) is 42.0 Å². The quantitative estimate of drug-likeness (QED) is 0.436. The van der Waals surface area contributed by atoms with Crippen LogP contribution in [0.3, 0.4) is 0 Å². The topological polar surface area (TPSA) is 98.7 Å². The number of ketones is 1. The Kier molecular flexibility index (Phi) is 7.02. The van der Waals surface area contributed by atoms with Gasteiger partial charge in [0.25, 0.3) is 5.91 Å². The number of halogens is 1. The van der Waals surface area contributed by atoms with E-state index in [4.69, 9.17) is 5.21 Å². The van der Waals surface area contributed by atoms with E-state index in [9.17, 15) is 19.1 Å². The second-order valence-corrected chi connectivity index (χ2v) is 6.96. The molecule has 0 aliphatic carbocycles. The molecule has 0 saturated carbocycles. The molecule has 0 fully saturated rings. The first kappa shape index (κ1) is 20.2. The Hall–Kier alpha value is -2.09. The van der Waals surface area contributed by atoms with Crippen LogP contribution in [0.15, 0.2) is 30.3 Å². The summed E-state index contributed by atoms with van der Waals surface area (Å²) >= 11 is 0. The molecule has 1 heterocycles. The average molecular weight is 364 g/mol. The first-order valence-electron chi connectivity index (χ1n) is 8.67. The molecule has 1 unspecified atom stereocenters. The maximum absolute atomic E-state index is 13.1. The zero-order valence-corrected chi connectivity index (χ0v) is 14.9. The molecule has 1 aliphatic rings. The van der Waals surface area contributed by atoms with E-state index in [-0.39, 0.29) is 17.5 Å². The summed E-state index contributed by atoms with van der Waals surface area (Å²) in [5.74, 6) is -2.43. The monoisotopic (exact) mass is 364 g/mol. The second-order valence-electron chi connectivity index (χ2n) is 6.96. The van der Waals surface area contributed by atoms with Crippen molar-refractivity contribution in [3.05, 3.63) is 41.7 Å². The van der Waals surface area contributed by atoms with Gasteiger partial charge in [-0.25, -0.2) is 9.87 Å². The Morgan fingerprint density at radius 3 is 2.54 bits per heavy atom. The number of carbonyl (C=O) groups excluding carboxylic acids is 2. The smallest absolute Gasteiger partial charge is 0.272 e. The highest BCUT2D eigenvalue weighted by molar-refractivity contribution is 5.94. The number of aliphatic hydroxyl groups excluding tert-OH is 1. The molecule has 0 bridgehead atoms. The van der Waals surface area contributed by atoms with E-state index in [0.717, 1.165) is 11.1 Å². The number of carbonyl (C=O) groups is 2. The van der Waals surface area contributed by atoms with Crippen LogP contribution in [0.25, 0.3) is 5.57 Å². The summed E-state index contributed by atoms with van der Waals surface area (Å²) in [5.41, 5.74) is 3.15. The highest BCUT2D eigenvalue weighted by Gasteiger charge is 2.37. The molecule has 0 spiro atoms. The summed E-state index contributed by atoms with van der Waals surface area (Å²) in [6.45, 7) is 4.24. The molecule has 1 aliphatic heterocycles. The highest BCUT2D eigenvalue weighted by atomic mass is 19.1. The lowest BCUT2D eigenvalue weighted by atomic mass is 9.82. The van der Waals surface area contributed by atoms with Gasteiger partial charge in [0.05, 0.1) is 12.0 Å². The average Bonchev–Trinajstić information content (AvgIpc) is 2.65. The zero-order chi connectivity index (χ0) is 19.3. The maximum Gasteiger partial charge on any atom is 0.272 e. The van der Waals surface area contributed by atoms with Crippen LogP contribution >= 0.6 is 0 Å². The van der Waals surface area contributed by atoms with E-state index >= 15 is 0 Å². The number of hydrogen-bond donors (Lipinski definition) is 4. The molecule has 7 heteroatoms. The second kappa shape index (κ2) is 9.02. The molecule has 0 radical (unpaired) electrons. The summed E-state index contributed by atoms with van der Waals surface area (Å²) in [4.78, 5) is 24.6. The molecule has 4 N–H and O–H groups in total. The number of amides is 1. The number of aliphatic hydroxyl groups is 1. The van der Waals surface area contributed by atoms with Gasteiger partial charge in [-0.1, -0.05) is 32.1 Å². The molecule has 1 amide bonds. The summed E-state index contributed by atoms with van der Waals surface area (Å²) in [7, 11) is 0. The van der Waals surface area contributed by atoms with Crippen LogP contribution < -0.4 is 10.8 Å². The van der Waals surface area contributed by atoms with Crippen molar-refractivity contribution in [3.8, 4) is 0 Å². The first-order chi connectivity index (χ1) is 12.3. The predicted octanol–water partition coefficient (Wildman–Crippen LogP) is 1.67. The largest absolute Gasteiger partial charge is 0.382 e. The Bertz CT molecular complexity index is 673. The Morgan fingerprint density at radius 2 is 1.96 bits per heavy atom. The molecule has 6 nitrogen and oxygen atoms in total. The van der Waals surface area contributed by atoms with Crippen molar-refractivity contribution < 1.29 is 24.3 Å². The summed E-state index contributed by atoms with van der Waals surface area (Å²) in [5, 5.41) is 22.0. The van der Waals surface area contributed by atoms with E-state index in [1.807, 2.05) is 19.9 Å². The van der Waals surface area contributed by atoms with Gasteiger partial charge in [0, 0.05) is 6.54 Å². The van der Waals surface area contributed by atoms with Gasteiger partial charge in [-0.3, -0.25) is 14.8 Å². The third-order valence-electron chi connectivity index (χ3n) is 4.55. The van der Waals surface area contributed by atoms with Crippen LogP contribution in [0.2, 0.25) is 0 Å². The van der Waals surface area contributed by atoms with Crippen molar-refractivity contribution in [2.45, 2.75) is 38.8 Å². The lowest BCUT2D eigenvalue weighted by Crippen LogP contribution is -2.49. The molecule has 26 heavy (non-hydrogen) atoms. The van der Waals surface area contributed by atoms with E-state index in [1.54, 1.807) is 12.1 Å². The van der Waals surface area contributed by atoms with Crippen molar-refractivity contribution in [1.82, 2.24) is 10.8 Å². The molecule has 0 saturated heterocycles. The minimum atomic E-state index is -1.61. The number of rotatable bonds is 7. The fraction of sp³-hybridized carbons (Fsp3) is 0.474. The van der Waals surface area contributed by atoms with Crippen LogP contribution in [0, 0.1) is 17.7 Å². The number of hydrogen-bond acceptors (Lipinski definition) is 5. The van der Waals surface area contributed by atoms with Crippen LogP contribution in [0.5, 0.6) is 0 Å². The first-order valence-corrected chi connectivity index (χ1v) is 8.67. The van der Waals surface area contributed by atoms with Gasteiger partial charge in [-0.15, -0.1) is 0 Å². The standard InChI is InChI=1S/C19H25FN2O4/c1-11(2)9-15(18(24)19(25)22-26)17(23)16-10-13(7-8-21-16)12-3-5-14(20)6-4-12/h3-7,11,15-16,18,21,24,26H,8-10H2,1-2H3,(H,22,25)/t15-,16?,18-/m1/s1. The number of nitrogens with one attached hydrogen (secondary N) is 2. The van der Waals surface area contributed by atoms with E-state index in [2.05, 4.69) is 5.32 Å². The van der Waals surface area contributed by atoms with Gasteiger partial charge in [0.15, 0.2) is 5.78 Å². The maximum atomic E-state index is 13.1. The molecular weight excluding hydrogens is 339 g/mol. The summed E-state index contributed by atoms with van der Waals surface area (Å²) in [6, 6.07) is 5.49. The van der Waals surface area contributed by atoms with Crippen LogP contribution in [0.1, 0.15) is 32.3 Å². The minimum absolute atomic E-state index is 0.0841. The normalized spacial score (nSPS) is 19.6. The van der Waals surface area contributed by atoms with Gasteiger partial charge in [0.2, 0.25) is 0 Å². The van der Waals surface area contributed by atoms with Crippen molar-refractivity contribution in [1.29, 1.82) is 0 Å². The van der Waals surface area contributed by atoms with Crippen molar-refractivity contribution >= 4 is 17.3 Å². The fourth-order valence-electron chi connectivity index (χ4n) is 3.22. The Balaban J connectivity index is 2.16. The predicted molar refractivity (Wildman–Crippen MR) is 94.7 cm³/mol. The zero-order valence-electron chi connectivity index (χ0n) is 14.9. The van der Waals surface area contributed by atoms with Crippen LogP contribution in [-0.4, -0.2) is 40.7 Å². The van der Waals surface area contributed by atoms with Gasteiger partial charge < -0.3 is 10.4 Å². The molecule has 1 aromatic rings. The molecule has 3 atom stereocenters. The fourth-order valence-corrected chi connectivity index (χ4v) is 3.22. The van der Waals surface area contributed by atoms with Gasteiger partial charge >= 0.3 is 0 Å². The van der Waals surface area contributed by atoms with Crippen molar-refractivity contribution in [2.75, 3.05) is 6.54 Å². The van der Waals surface area contributed by atoms with Crippen molar-refractivity contribution in [3.63, 3.8) is 0 Å². The van der Waals surface area contributed by atoms with E-state index < -0.39 is 24.0 Å². The molecule has 1 aromatic carbocycles. The number of benzene rings is 1. The van der Waals surface area contributed by atoms with Crippen LogP contribution in [0.4, 0.5) is 4.39 Å². The highest BCUT2D eigenvalue weighted by Crippen LogP contribution is 2.27.